The summed E-state index contributed by atoms with van der Waals surface area (Å²) in [5.41, 5.74) is 3.05. The maximum Gasteiger partial charge on any atom is 0.296 e. The summed E-state index contributed by atoms with van der Waals surface area (Å²) >= 11 is 0. The summed E-state index contributed by atoms with van der Waals surface area (Å²) < 4.78 is 44.1. The molecule has 0 N–H and O–H groups in total. The van der Waals surface area contributed by atoms with Crippen molar-refractivity contribution in [2.45, 2.75) is 11.4 Å². The summed E-state index contributed by atoms with van der Waals surface area (Å²) in [4.78, 5) is 2.39. The van der Waals surface area contributed by atoms with Gasteiger partial charge in [-0.25, -0.2) is 4.39 Å². The van der Waals surface area contributed by atoms with E-state index >= 15 is 0 Å². The minimum atomic E-state index is -3.85. The highest BCUT2D eigenvalue weighted by atomic mass is 32.2. The highest BCUT2D eigenvalue weighted by Crippen LogP contribution is 2.30. The summed E-state index contributed by atoms with van der Waals surface area (Å²) in [7, 11) is -3.85. The molecule has 1 aliphatic heterocycles. The fourth-order valence-corrected chi connectivity index (χ4v) is 4.78. The van der Waals surface area contributed by atoms with Gasteiger partial charge in [-0.3, -0.25) is 9.08 Å². The van der Waals surface area contributed by atoms with Crippen molar-refractivity contribution in [3.05, 3.63) is 108 Å². The first-order valence-corrected chi connectivity index (χ1v) is 11.6. The van der Waals surface area contributed by atoms with Gasteiger partial charge in [-0.2, -0.15) is 8.42 Å². The van der Waals surface area contributed by atoms with Gasteiger partial charge in [-0.15, -0.1) is 0 Å². The molecule has 1 heterocycles. The molecule has 0 bridgehead atoms. The van der Waals surface area contributed by atoms with Gasteiger partial charge in [0.05, 0.1) is 11.5 Å². The Morgan fingerprint density at radius 3 is 2.23 bits per heavy atom. The van der Waals surface area contributed by atoms with Gasteiger partial charge in [0.15, 0.2) is 0 Å². The predicted molar refractivity (Wildman–Crippen MR) is 119 cm³/mol. The quantitative estimate of drug-likeness (QED) is 0.501. The fourth-order valence-electron chi connectivity index (χ4n) is 3.81. The van der Waals surface area contributed by atoms with Crippen LogP contribution in [0.25, 0.3) is 5.57 Å². The fraction of sp³-hybridized carbons (Fsp3) is 0.200. The Labute approximate surface area is 182 Å². The van der Waals surface area contributed by atoms with Crippen molar-refractivity contribution in [2.24, 2.45) is 5.92 Å². The van der Waals surface area contributed by atoms with E-state index in [0.717, 1.165) is 24.2 Å². The van der Waals surface area contributed by atoms with E-state index in [4.69, 9.17) is 4.18 Å². The van der Waals surface area contributed by atoms with Gasteiger partial charge in [-0.05, 0) is 41.0 Å². The third-order valence-corrected chi connectivity index (χ3v) is 6.67. The summed E-state index contributed by atoms with van der Waals surface area (Å²) in [6.07, 6.45) is 2.09. The topological polar surface area (TPSA) is 46.6 Å². The molecule has 0 aromatic heterocycles. The molecule has 3 aromatic rings. The number of rotatable bonds is 7. The Bertz CT molecular complexity index is 1130. The molecule has 0 fully saturated rings. The molecule has 1 unspecified atom stereocenters. The lowest BCUT2D eigenvalue weighted by Crippen LogP contribution is -2.36. The monoisotopic (exact) mass is 437 g/mol. The lowest BCUT2D eigenvalue weighted by Gasteiger charge is -2.33. The van der Waals surface area contributed by atoms with E-state index in [9.17, 15) is 12.8 Å². The van der Waals surface area contributed by atoms with Crippen LogP contribution in [-0.4, -0.2) is 33.0 Å². The van der Waals surface area contributed by atoms with Crippen molar-refractivity contribution < 1.29 is 17.0 Å². The van der Waals surface area contributed by atoms with Gasteiger partial charge < -0.3 is 0 Å². The molecule has 4 nitrogen and oxygen atoms in total. The van der Waals surface area contributed by atoms with Crippen LogP contribution >= 0.6 is 0 Å². The van der Waals surface area contributed by atoms with Crippen LogP contribution in [0.3, 0.4) is 0 Å². The summed E-state index contributed by atoms with van der Waals surface area (Å²) in [5.74, 6) is -0.466. The molecule has 0 aliphatic carbocycles. The molecule has 0 saturated heterocycles. The van der Waals surface area contributed by atoms with Crippen LogP contribution in [0.5, 0.6) is 0 Å². The molecule has 0 amide bonds. The summed E-state index contributed by atoms with van der Waals surface area (Å²) in [5, 5.41) is 0. The second-order valence-corrected chi connectivity index (χ2v) is 9.21. The molecule has 6 heteroatoms. The van der Waals surface area contributed by atoms with Gasteiger partial charge in [0.1, 0.15) is 5.82 Å². The maximum atomic E-state index is 13.4. The van der Waals surface area contributed by atoms with Crippen LogP contribution in [0.4, 0.5) is 4.39 Å². The molecule has 3 aromatic carbocycles. The zero-order valence-electron chi connectivity index (χ0n) is 17.0. The van der Waals surface area contributed by atoms with E-state index in [1.54, 1.807) is 30.3 Å². The van der Waals surface area contributed by atoms with Gasteiger partial charge in [-0.1, -0.05) is 66.7 Å². The van der Waals surface area contributed by atoms with E-state index in [2.05, 4.69) is 23.1 Å². The summed E-state index contributed by atoms with van der Waals surface area (Å²) in [6, 6.07) is 24.6. The van der Waals surface area contributed by atoms with Crippen LogP contribution in [0.15, 0.2) is 95.9 Å². The van der Waals surface area contributed by atoms with E-state index in [0.29, 0.717) is 6.54 Å². The second kappa shape index (κ2) is 9.56. The number of hydrogen-bond acceptors (Lipinski definition) is 4. The van der Waals surface area contributed by atoms with E-state index in [1.807, 2.05) is 18.2 Å². The minimum absolute atomic E-state index is 0.0196. The van der Waals surface area contributed by atoms with Crippen LogP contribution in [0, 0.1) is 11.7 Å². The Balaban J connectivity index is 1.55. The number of benzene rings is 3. The van der Waals surface area contributed by atoms with Gasteiger partial charge in [0.2, 0.25) is 0 Å². The molecule has 1 atom stereocenters. The minimum Gasteiger partial charge on any atom is -0.295 e. The van der Waals surface area contributed by atoms with Crippen LogP contribution < -0.4 is 0 Å². The van der Waals surface area contributed by atoms with Crippen molar-refractivity contribution in [3.8, 4) is 0 Å². The predicted octanol–water partition coefficient (Wildman–Crippen LogP) is 4.75. The molecular formula is C25H24FNO3S. The molecule has 160 valence electrons. The van der Waals surface area contributed by atoms with Gasteiger partial charge in [0.25, 0.3) is 10.1 Å². The Morgan fingerprint density at radius 1 is 0.903 bits per heavy atom. The smallest absolute Gasteiger partial charge is 0.295 e. The SMILES string of the molecule is O=S(=O)(OCC1CN(Cc2ccccc2)CC=C1c1ccc(F)cc1)c1ccccc1. The Morgan fingerprint density at radius 2 is 1.55 bits per heavy atom. The second-order valence-electron chi connectivity index (χ2n) is 7.59. The van der Waals surface area contributed by atoms with E-state index < -0.39 is 10.1 Å². The first-order valence-electron chi connectivity index (χ1n) is 10.2. The molecular weight excluding hydrogens is 413 g/mol. The first kappa shape index (κ1) is 21.4. The summed E-state index contributed by atoms with van der Waals surface area (Å²) in [6.45, 7) is 2.15. The lowest BCUT2D eigenvalue weighted by atomic mass is 9.89. The van der Waals surface area contributed by atoms with E-state index in [-0.39, 0.29) is 23.2 Å². The highest BCUT2D eigenvalue weighted by molar-refractivity contribution is 7.86. The number of nitrogens with zero attached hydrogens (tertiary/aromatic N) is 1. The van der Waals surface area contributed by atoms with Crippen molar-refractivity contribution >= 4 is 15.7 Å². The highest BCUT2D eigenvalue weighted by Gasteiger charge is 2.27. The Hall–Kier alpha value is -2.80. The zero-order valence-corrected chi connectivity index (χ0v) is 17.8. The van der Waals surface area contributed by atoms with Crippen molar-refractivity contribution in [2.75, 3.05) is 19.7 Å². The average Bonchev–Trinajstić information content (AvgIpc) is 2.80. The van der Waals surface area contributed by atoms with Crippen molar-refractivity contribution in [3.63, 3.8) is 0 Å². The van der Waals surface area contributed by atoms with E-state index in [1.165, 1.54) is 29.8 Å². The molecule has 0 spiro atoms. The largest absolute Gasteiger partial charge is 0.296 e. The molecule has 0 saturated carbocycles. The van der Waals surface area contributed by atoms with Crippen LogP contribution in [0.1, 0.15) is 11.1 Å². The standard InChI is InChI=1S/C25H24FNO3S/c26-23-13-11-21(12-14-23)25-15-16-27(17-20-7-3-1-4-8-20)18-22(25)19-30-31(28,29)24-9-5-2-6-10-24/h1-15,22H,16-19H2. The number of halogens is 1. The van der Waals surface area contributed by atoms with Crippen LogP contribution in [-0.2, 0) is 20.8 Å². The third-order valence-electron chi connectivity index (χ3n) is 5.37. The number of hydrogen-bond donors (Lipinski definition) is 0. The average molecular weight is 438 g/mol. The van der Waals surface area contributed by atoms with Crippen LogP contribution in [0.2, 0.25) is 0 Å². The van der Waals surface area contributed by atoms with Gasteiger partial charge in [0, 0.05) is 25.6 Å². The van der Waals surface area contributed by atoms with Gasteiger partial charge >= 0.3 is 0 Å². The molecule has 4 rings (SSSR count). The molecule has 31 heavy (non-hydrogen) atoms. The lowest BCUT2D eigenvalue weighted by molar-refractivity contribution is 0.204. The maximum absolute atomic E-state index is 13.4. The van der Waals surface area contributed by atoms with Crippen molar-refractivity contribution in [1.29, 1.82) is 0 Å². The third kappa shape index (κ3) is 5.47. The molecule has 0 radical (unpaired) electrons. The normalized spacial score (nSPS) is 17.3. The molecule has 1 aliphatic rings. The first-order chi connectivity index (χ1) is 15.0. The zero-order chi connectivity index (χ0) is 21.7. The Kier molecular flexibility index (Phi) is 6.61. The van der Waals surface area contributed by atoms with Crippen molar-refractivity contribution in [1.82, 2.24) is 4.90 Å².